The standard InChI is InChI=1S/C40H34ClF10N7O5S2/c1-37(2,64(4,60)61)11-10-22-6-7-23(24-8-9-27(41)31-33(24)58(18-38(44,45)46)56-36(31)57(3)65(5,62)63)32(54-22)28(14-19-12-20(42)15-21(43)13-19)55-29(59)17-53-35-30(34(52)40(49,50)51)25-16-26(25)39(35,47)48/h6-9,12-13,15,25-26,28H,3,14,16-18H2,1-2,4-5H3,(H2-,52,53,55,59)/p+2/t25-,26+,28-/m0/s1. The maximum absolute atomic E-state index is 15.4. The summed E-state index contributed by atoms with van der Waals surface area (Å²) in [5.74, 6) is -5.60. The first-order chi connectivity index (χ1) is 29.7. The second kappa shape index (κ2) is 16.8. The lowest BCUT2D eigenvalue weighted by Gasteiger charge is -2.23. The quantitative estimate of drug-likeness (QED) is 0.0624. The molecule has 25 heteroatoms. The lowest BCUT2D eigenvalue weighted by Crippen LogP contribution is -2.87. The Morgan fingerprint density at radius 1 is 1.05 bits per heavy atom. The van der Waals surface area contributed by atoms with Gasteiger partial charge in [-0.3, -0.25) is 10.2 Å². The van der Waals surface area contributed by atoms with E-state index in [0.29, 0.717) is 26.3 Å². The van der Waals surface area contributed by atoms with Gasteiger partial charge in [0.2, 0.25) is 0 Å². The summed E-state index contributed by atoms with van der Waals surface area (Å²) < 4.78 is 193. The summed E-state index contributed by atoms with van der Waals surface area (Å²) in [4.78, 5) is 18.4. The van der Waals surface area contributed by atoms with E-state index in [4.69, 9.17) is 17.0 Å². The third-order valence-corrected chi connectivity index (χ3v) is 14.0. The third kappa shape index (κ3) is 10.2. The van der Waals surface area contributed by atoms with Crippen LogP contribution in [0.25, 0.3) is 22.0 Å². The molecule has 1 amide bonds. The largest absolute Gasteiger partial charge is 0.433 e. The predicted molar refractivity (Wildman–Crippen MR) is 217 cm³/mol. The van der Waals surface area contributed by atoms with Crippen LogP contribution in [-0.2, 0) is 37.6 Å². The van der Waals surface area contributed by atoms with Crippen LogP contribution < -0.4 is 10.6 Å². The molecule has 2 aromatic heterocycles. The lowest BCUT2D eigenvalue weighted by molar-refractivity contribution is -0.609. The zero-order chi connectivity index (χ0) is 48.6. The number of sulfonamides is 1. The van der Waals surface area contributed by atoms with E-state index in [-0.39, 0.29) is 44.9 Å². The molecule has 2 aliphatic carbocycles. The fourth-order valence-electron chi connectivity index (χ4n) is 7.28. The molecule has 0 aliphatic heterocycles. The van der Waals surface area contributed by atoms with Crippen molar-refractivity contribution in [3.8, 4) is 23.0 Å². The average molecular weight is 984 g/mol. The number of nitrogens with zero attached hydrogens (tertiary/aromatic N) is 4. The number of rotatable bonds is 13. The summed E-state index contributed by atoms with van der Waals surface area (Å²) in [5.41, 5.74) is -5.84. The first-order valence-electron chi connectivity index (χ1n) is 18.9. The van der Waals surface area contributed by atoms with Crippen LogP contribution in [0.5, 0.6) is 0 Å². The van der Waals surface area contributed by atoms with Gasteiger partial charge in [-0.05, 0) is 68.5 Å². The van der Waals surface area contributed by atoms with E-state index in [1.807, 2.05) is 0 Å². The van der Waals surface area contributed by atoms with Crippen LogP contribution >= 0.6 is 11.6 Å². The van der Waals surface area contributed by atoms with Crippen molar-refractivity contribution < 1.29 is 74.8 Å². The molecule has 1 saturated carbocycles. The fraction of sp³-hybridized carbons (Fsp3) is 0.375. The van der Waals surface area contributed by atoms with Crippen molar-refractivity contribution in [2.75, 3.05) is 19.1 Å². The molecule has 2 aliphatic rings. The van der Waals surface area contributed by atoms with Crippen LogP contribution in [0.15, 0.2) is 53.7 Å². The first-order valence-corrected chi connectivity index (χ1v) is 23.0. The summed E-state index contributed by atoms with van der Waals surface area (Å²) in [6.07, 6.45) is -9.66. The van der Waals surface area contributed by atoms with Crippen LogP contribution in [-0.4, -0.2) is 96.0 Å². The molecule has 0 radical (unpaired) electrons. The van der Waals surface area contributed by atoms with Gasteiger partial charge in [0.05, 0.1) is 34.8 Å². The molecule has 2 aromatic carbocycles. The van der Waals surface area contributed by atoms with Crippen molar-refractivity contribution in [3.63, 3.8) is 0 Å². The van der Waals surface area contributed by atoms with Gasteiger partial charge in [0.1, 0.15) is 38.7 Å². The van der Waals surface area contributed by atoms with Crippen LogP contribution in [0.4, 0.5) is 49.7 Å². The number of pyridine rings is 1. The predicted octanol–water partition coefficient (Wildman–Crippen LogP) is 6.16. The van der Waals surface area contributed by atoms with E-state index in [2.05, 4.69) is 34.0 Å². The number of carbonyl (C=O) groups excluding carboxylic acids is 1. The van der Waals surface area contributed by atoms with Crippen LogP contribution in [0.3, 0.4) is 0 Å². The Balaban J connectivity index is 1.58. The van der Waals surface area contributed by atoms with Gasteiger partial charge >= 0.3 is 34.1 Å². The van der Waals surface area contributed by atoms with Crippen molar-refractivity contribution in [2.24, 2.45) is 11.8 Å². The van der Waals surface area contributed by atoms with E-state index < -0.39 is 126 Å². The van der Waals surface area contributed by atoms with E-state index in [9.17, 15) is 56.8 Å². The highest BCUT2D eigenvalue weighted by atomic mass is 35.5. The molecule has 0 bridgehead atoms. The van der Waals surface area contributed by atoms with E-state index in [0.717, 1.165) is 24.5 Å². The molecule has 0 spiro atoms. The van der Waals surface area contributed by atoms with Gasteiger partial charge in [-0.15, -0.1) is 3.98 Å². The molecule has 0 saturated heterocycles. The van der Waals surface area contributed by atoms with Crippen LogP contribution in [0, 0.1) is 40.7 Å². The first kappa shape index (κ1) is 49.1. The number of hydrogen-bond acceptors (Lipinski definition) is 8. The summed E-state index contributed by atoms with van der Waals surface area (Å²) >= 11 is 6.50. The van der Waals surface area contributed by atoms with Crippen molar-refractivity contribution in [2.45, 2.75) is 62.3 Å². The van der Waals surface area contributed by atoms with Gasteiger partial charge < -0.3 is 10.6 Å². The number of benzene rings is 2. The Hall–Kier alpha value is -5.38. The number of carbonyl (C=O) groups is 1. The topological polar surface area (TPSA) is 172 Å². The number of nitrogens with one attached hydrogen (secondary N) is 2. The van der Waals surface area contributed by atoms with Gasteiger partial charge in [0.25, 0.3) is 5.91 Å². The molecule has 65 heavy (non-hydrogen) atoms. The van der Waals surface area contributed by atoms with Crippen LogP contribution in [0.1, 0.15) is 43.3 Å². The summed E-state index contributed by atoms with van der Waals surface area (Å²) in [5, 5.41) is 13.8. The minimum absolute atomic E-state index is 0.184. The van der Waals surface area contributed by atoms with Crippen molar-refractivity contribution >= 4 is 66.5 Å². The number of sulfone groups is 1. The molecular formula is C40H36ClF10N7O5S2+2. The number of allylic oxidation sites excluding steroid dienone is 2. The van der Waals surface area contributed by atoms with E-state index >= 15 is 8.78 Å². The molecule has 4 N–H and O–H groups in total. The zero-order valence-electron chi connectivity index (χ0n) is 34.2. The number of nitrogens with two attached hydrogens (primary N) is 1. The second-order valence-electron chi connectivity index (χ2n) is 16.0. The Bertz CT molecular complexity index is 2990. The second-order valence-corrected chi connectivity index (χ2v) is 20.8. The SMILES string of the molecule is C=[N+](c1nn(CC(F)(F)F)c2c(-c3ccc(C#CC(C)(C)S(C)(=O)=O)nc3[C@H](Cc3cc(F)cc(F)c3)NC(=O)C[NH2+]C3=C(C(=N)C(F)(F)F)[C@H]4C[C@H]4C3(F)F)ccc(Cl)c12)S(C)(=O)=O. The van der Waals surface area contributed by atoms with Gasteiger partial charge in [0.15, 0.2) is 28.6 Å². The highest BCUT2D eigenvalue weighted by molar-refractivity contribution is 7.92. The lowest BCUT2D eigenvalue weighted by atomic mass is 9.93. The van der Waals surface area contributed by atoms with Gasteiger partial charge in [-0.1, -0.05) is 23.6 Å². The smallest absolute Gasteiger partial charge is 0.342 e. The average Bonchev–Trinajstić information content (AvgIpc) is 3.83. The maximum Gasteiger partial charge on any atom is 0.433 e. The Kier molecular flexibility index (Phi) is 12.7. The highest BCUT2D eigenvalue weighted by Crippen LogP contribution is 2.62. The van der Waals surface area contributed by atoms with E-state index in [1.54, 1.807) is 0 Å². The Morgan fingerprint density at radius 3 is 2.23 bits per heavy atom. The van der Waals surface area contributed by atoms with Crippen molar-refractivity contribution in [1.82, 2.24) is 20.1 Å². The summed E-state index contributed by atoms with van der Waals surface area (Å²) in [6.45, 7) is 3.05. The Labute approximate surface area is 369 Å². The number of alkyl halides is 8. The minimum Gasteiger partial charge on any atom is -0.342 e. The van der Waals surface area contributed by atoms with Gasteiger partial charge in [-0.25, -0.2) is 22.2 Å². The fourth-order valence-corrected chi connectivity index (χ4v) is 8.20. The molecular weight excluding hydrogens is 948 g/mol. The maximum atomic E-state index is 15.4. The third-order valence-electron chi connectivity index (χ3n) is 10.8. The number of aromatic nitrogens is 3. The molecule has 12 nitrogen and oxygen atoms in total. The summed E-state index contributed by atoms with van der Waals surface area (Å²) in [6, 6.07) is 5.29. The molecule has 6 rings (SSSR count). The molecule has 0 unspecified atom stereocenters. The minimum atomic E-state index is -5.30. The van der Waals surface area contributed by atoms with E-state index in [1.165, 1.54) is 32.0 Å². The molecule has 3 atom stereocenters. The normalized spacial score (nSPS) is 18.0. The molecule has 1 fully saturated rings. The van der Waals surface area contributed by atoms with Crippen molar-refractivity contribution in [1.29, 1.82) is 5.41 Å². The van der Waals surface area contributed by atoms with Gasteiger partial charge in [0, 0.05) is 40.9 Å². The number of fused-ring (bicyclic) bond motifs is 2. The molecule has 2 heterocycles. The highest BCUT2D eigenvalue weighted by Gasteiger charge is 2.69. The molecule has 348 valence electrons. The number of quaternary nitrogens is 1. The summed E-state index contributed by atoms with van der Waals surface area (Å²) in [7, 11) is -8.16. The zero-order valence-corrected chi connectivity index (χ0v) is 36.6. The van der Waals surface area contributed by atoms with Gasteiger partial charge in [-0.2, -0.15) is 48.2 Å². The number of halogens is 11. The molecule has 4 aromatic rings. The van der Waals surface area contributed by atoms with Crippen molar-refractivity contribution in [3.05, 3.63) is 87.3 Å². The number of hydrogen-bond donors (Lipinski definition) is 3. The Morgan fingerprint density at radius 2 is 1.66 bits per heavy atom. The van der Waals surface area contributed by atoms with Crippen LogP contribution in [0.2, 0.25) is 5.02 Å². The monoisotopic (exact) mass is 983 g/mol. The number of amides is 1.